The topological polar surface area (TPSA) is 66.4 Å². The number of hydrogen-bond acceptors (Lipinski definition) is 2. The van der Waals surface area contributed by atoms with E-state index in [-0.39, 0.29) is 5.91 Å². The average molecular weight is 235 g/mol. The number of nitrogens with one attached hydrogen (secondary N) is 1. The van der Waals surface area contributed by atoms with Crippen LogP contribution in [0.25, 0.3) is 0 Å². The molecule has 0 aliphatic heterocycles. The lowest BCUT2D eigenvalue weighted by Gasteiger charge is -2.13. The molecule has 1 atom stereocenters. The molecule has 1 unspecified atom stereocenters. The van der Waals surface area contributed by atoms with E-state index in [0.717, 1.165) is 11.1 Å². The predicted molar refractivity (Wildman–Crippen MR) is 65.1 cm³/mol. The molecule has 92 valence electrons. The highest BCUT2D eigenvalue weighted by Gasteiger charge is 2.19. The van der Waals surface area contributed by atoms with Gasteiger partial charge in [0.15, 0.2) is 0 Å². The molecule has 4 nitrogen and oxygen atoms in total. The molecule has 0 bridgehead atoms. The summed E-state index contributed by atoms with van der Waals surface area (Å²) < 4.78 is 0. The van der Waals surface area contributed by atoms with Crippen LogP contribution in [0, 0.1) is 13.8 Å². The van der Waals surface area contributed by atoms with Crippen LogP contribution >= 0.6 is 0 Å². The Kier molecular flexibility index (Phi) is 4.26. The van der Waals surface area contributed by atoms with Crippen LogP contribution in [0.4, 0.5) is 0 Å². The second-order valence-corrected chi connectivity index (χ2v) is 4.09. The number of benzene rings is 1. The molecule has 0 aliphatic carbocycles. The third-order valence-corrected chi connectivity index (χ3v) is 2.65. The summed E-state index contributed by atoms with van der Waals surface area (Å²) in [5, 5.41) is 11.4. The van der Waals surface area contributed by atoms with Crippen molar-refractivity contribution in [1.29, 1.82) is 0 Å². The summed E-state index contributed by atoms with van der Waals surface area (Å²) in [6, 6.07) is 4.70. The molecule has 0 aliphatic rings. The SMILES string of the molecule is CCC(NC(=O)c1cc(C)ccc1C)C(=O)O. The van der Waals surface area contributed by atoms with Crippen molar-refractivity contribution < 1.29 is 14.7 Å². The van der Waals surface area contributed by atoms with Crippen LogP contribution in [0.3, 0.4) is 0 Å². The van der Waals surface area contributed by atoms with Crippen LogP contribution in [0.15, 0.2) is 18.2 Å². The molecule has 1 rings (SSSR count). The molecule has 0 saturated heterocycles. The second kappa shape index (κ2) is 5.48. The fourth-order valence-electron chi connectivity index (χ4n) is 1.55. The van der Waals surface area contributed by atoms with E-state index in [1.54, 1.807) is 13.0 Å². The van der Waals surface area contributed by atoms with Gasteiger partial charge in [0.25, 0.3) is 5.91 Å². The van der Waals surface area contributed by atoms with Gasteiger partial charge in [-0.25, -0.2) is 4.79 Å². The highest BCUT2D eigenvalue weighted by molar-refractivity contribution is 5.97. The first kappa shape index (κ1) is 13.2. The number of carbonyl (C=O) groups excluding carboxylic acids is 1. The van der Waals surface area contributed by atoms with E-state index in [1.807, 2.05) is 26.0 Å². The van der Waals surface area contributed by atoms with Gasteiger partial charge in [0, 0.05) is 5.56 Å². The monoisotopic (exact) mass is 235 g/mol. The number of rotatable bonds is 4. The standard InChI is InChI=1S/C13H17NO3/c1-4-11(13(16)17)14-12(15)10-7-8(2)5-6-9(10)3/h5-7,11H,4H2,1-3H3,(H,14,15)(H,16,17). The Morgan fingerprint density at radius 3 is 2.53 bits per heavy atom. The summed E-state index contributed by atoms with van der Waals surface area (Å²) in [7, 11) is 0. The van der Waals surface area contributed by atoms with Crippen LogP contribution in [-0.4, -0.2) is 23.0 Å². The smallest absolute Gasteiger partial charge is 0.326 e. The van der Waals surface area contributed by atoms with Crippen LogP contribution < -0.4 is 5.32 Å². The molecule has 0 heterocycles. The van der Waals surface area contributed by atoms with Gasteiger partial charge in [-0.3, -0.25) is 4.79 Å². The zero-order valence-corrected chi connectivity index (χ0v) is 10.3. The minimum atomic E-state index is -1.01. The summed E-state index contributed by atoms with van der Waals surface area (Å²) >= 11 is 0. The van der Waals surface area contributed by atoms with E-state index < -0.39 is 12.0 Å². The number of aliphatic carboxylic acids is 1. The number of carboxylic acid groups (broad SMARTS) is 1. The van der Waals surface area contributed by atoms with Gasteiger partial charge >= 0.3 is 5.97 Å². The average Bonchev–Trinajstić information content (AvgIpc) is 2.28. The first-order chi connectivity index (χ1) is 7.95. The first-order valence-corrected chi connectivity index (χ1v) is 5.56. The number of aryl methyl sites for hydroxylation is 2. The van der Waals surface area contributed by atoms with Gasteiger partial charge in [-0.05, 0) is 31.9 Å². The quantitative estimate of drug-likeness (QED) is 0.837. The van der Waals surface area contributed by atoms with E-state index in [0.29, 0.717) is 12.0 Å². The van der Waals surface area contributed by atoms with Crippen molar-refractivity contribution >= 4 is 11.9 Å². The van der Waals surface area contributed by atoms with Gasteiger partial charge in [-0.2, -0.15) is 0 Å². The normalized spacial score (nSPS) is 11.9. The summed E-state index contributed by atoms with van der Waals surface area (Å²) in [6.07, 6.45) is 0.367. The highest BCUT2D eigenvalue weighted by atomic mass is 16.4. The van der Waals surface area contributed by atoms with Gasteiger partial charge in [0.05, 0.1) is 0 Å². The van der Waals surface area contributed by atoms with Crippen molar-refractivity contribution in [1.82, 2.24) is 5.32 Å². The zero-order valence-electron chi connectivity index (χ0n) is 10.3. The lowest BCUT2D eigenvalue weighted by atomic mass is 10.0. The molecule has 0 fully saturated rings. The summed E-state index contributed by atoms with van der Waals surface area (Å²) in [5.74, 6) is -1.34. The maximum Gasteiger partial charge on any atom is 0.326 e. The summed E-state index contributed by atoms with van der Waals surface area (Å²) in [5.41, 5.74) is 2.35. The summed E-state index contributed by atoms with van der Waals surface area (Å²) in [4.78, 5) is 22.8. The molecule has 0 aromatic heterocycles. The van der Waals surface area contributed by atoms with Crippen molar-refractivity contribution in [3.05, 3.63) is 34.9 Å². The van der Waals surface area contributed by atoms with Crippen LogP contribution in [0.1, 0.15) is 34.8 Å². The zero-order chi connectivity index (χ0) is 13.0. The fraction of sp³-hybridized carbons (Fsp3) is 0.385. The molecule has 1 amide bonds. The Morgan fingerprint density at radius 2 is 2.00 bits per heavy atom. The molecule has 17 heavy (non-hydrogen) atoms. The third kappa shape index (κ3) is 3.31. The molecular weight excluding hydrogens is 218 g/mol. The Labute approximate surface area is 101 Å². The maximum atomic E-state index is 11.9. The molecule has 0 spiro atoms. The lowest BCUT2D eigenvalue weighted by molar-refractivity contribution is -0.139. The van der Waals surface area contributed by atoms with Crippen LogP contribution in [0.5, 0.6) is 0 Å². The predicted octanol–water partition coefficient (Wildman–Crippen LogP) is 1.90. The molecule has 0 saturated carbocycles. The van der Waals surface area contributed by atoms with E-state index in [2.05, 4.69) is 5.32 Å². The number of amides is 1. The second-order valence-electron chi connectivity index (χ2n) is 4.09. The number of hydrogen-bond donors (Lipinski definition) is 2. The maximum absolute atomic E-state index is 11.9. The number of carboxylic acids is 1. The van der Waals surface area contributed by atoms with Crippen LogP contribution in [-0.2, 0) is 4.79 Å². The molecule has 2 N–H and O–H groups in total. The Balaban J connectivity index is 2.89. The van der Waals surface area contributed by atoms with Crippen molar-refractivity contribution in [3.8, 4) is 0 Å². The largest absolute Gasteiger partial charge is 0.480 e. The van der Waals surface area contributed by atoms with Crippen molar-refractivity contribution in [3.63, 3.8) is 0 Å². The van der Waals surface area contributed by atoms with Gasteiger partial charge in [-0.1, -0.05) is 24.6 Å². The third-order valence-electron chi connectivity index (χ3n) is 2.65. The Morgan fingerprint density at radius 1 is 1.35 bits per heavy atom. The molecule has 1 aromatic rings. The van der Waals surface area contributed by atoms with E-state index in [9.17, 15) is 9.59 Å². The molecule has 4 heteroatoms. The van der Waals surface area contributed by atoms with Gasteiger partial charge in [0.1, 0.15) is 6.04 Å². The minimum Gasteiger partial charge on any atom is -0.480 e. The van der Waals surface area contributed by atoms with E-state index in [1.165, 1.54) is 0 Å². The van der Waals surface area contributed by atoms with Crippen molar-refractivity contribution in [2.75, 3.05) is 0 Å². The molecule has 1 aromatic carbocycles. The van der Waals surface area contributed by atoms with Gasteiger partial charge < -0.3 is 10.4 Å². The minimum absolute atomic E-state index is 0.333. The summed E-state index contributed by atoms with van der Waals surface area (Å²) in [6.45, 7) is 5.45. The van der Waals surface area contributed by atoms with Gasteiger partial charge in [0.2, 0.25) is 0 Å². The first-order valence-electron chi connectivity index (χ1n) is 5.56. The molecule has 0 radical (unpaired) electrons. The highest BCUT2D eigenvalue weighted by Crippen LogP contribution is 2.11. The van der Waals surface area contributed by atoms with E-state index in [4.69, 9.17) is 5.11 Å². The van der Waals surface area contributed by atoms with Crippen molar-refractivity contribution in [2.24, 2.45) is 0 Å². The fourth-order valence-corrected chi connectivity index (χ4v) is 1.55. The van der Waals surface area contributed by atoms with Gasteiger partial charge in [-0.15, -0.1) is 0 Å². The van der Waals surface area contributed by atoms with Crippen molar-refractivity contribution in [2.45, 2.75) is 33.2 Å². The van der Waals surface area contributed by atoms with Crippen LogP contribution in [0.2, 0.25) is 0 Å². The Hall–Kier alpha value is -1.84. The lowest BCUT2D eigenvalue weighted by Crippen LogP contribution is -2.40. The Bertz CT molecular complexity index is 440. The van der Waals surface area contributed by atoms with E-state index >= 15 is 0 Å². The molecular formula is C13H17NO3. The number of carbonyl (C=O) groups is 2.